The van der Waals surface area contributed by atoms with Crippen molar-refractivity contribution in [1.82, 2.24) is 0 Å². The first-order valence-electron chi connectivity index (χ1n) is 9.36. The van der Waals surface area contributed by atoms with Crippen LogP contribution in [0.5, 0.6) is 0 Å². The summed E-state index contributed by atoms with van der Waals surface area (Å²) in [6.07, 6.45) is 1.25. The third kappa shape index (κ3) is 3.83. The van der Waals surface area contributed by atoms with Gasteiger partial charge >= 0.3 is 11.9 Å². The zero-order chi connectivity index (χ0) is 22.2. The summed E-state index contributed by atoms with van der Waals surface area (Å²) in [5.41, 5.74) is 1.52. The highest BCUT2D eigenvalue weighted by molar-refractivity contribution is 6.18. The van der Waals surface area contributed by atoms with E-state index in [0.717, 1.165) is 0 Å². The predicted octanol–water partition coefficient (Wildman–Crippen LogP) is 4.52. The summed E-state index contributed by atoms with van der Waals surface area (Å²) in [5, 5.41) is 10.9. The number of carbonyl (C=O) groups excluding carboxylic acids is 2. The van der Waals surface area contributed by atoms with Gasteiger partial charge in [0.2, 0.25) is 0 Å². The number of nitrogens with zero attached hydrogens (tertiary/aromatic N) is 1. The van der Waals surface area contributed by atoms with Gasteiger partial charge in [0.05, 0.1) is 4.92 Å². The van der Waals surface area contributed by atoms with Gasteiger partial charge in [-0.25, -0.2) is 9.59 Å². The van der Waals surface area contributed by atoms with Crippen molar-refractivity contribution >= 4 is 23.7 Å². The number of hydrogen-bond donors (Lipinski definition) is 0. The van der Waals surface area contributed by atoms with E-state index in [0.29, 0.717) is 22.5 Å². The van der Waals surface area contributed by atoms with Crippen molar-refractivity contribution in [3.8, 4) is 11.3 Å². The van der Waals surface area contributed by atoms with Gasteiger partial charge in [-0.3, -0.25) is 10.1 Å². The highest BCUT2D eigenvalue weighted by atomic mass is 16.7. The lowest BCUT2D eigenvalue weighted by Gasteiger charge is -2.33. The second-order valence-electron chi connectivity index (χ2n) is 7.11. The molecule has 31 heavy (non-hydrogen) atoms. The number of carbonyl (C=O) groups is 2. The van der Waals surface area contributed by atoms with Gasteiger partial charge in [-0.1, -0.05) is 30.3 Å². The number of ether oxygens (including phenoxy) is 2. The molecule has 0 radical (unpaired) electrons. The minimum atomic E-state index is -1.52. The minimum Gasteiger partial charge on any atom is -0.457 e. The normalized spacial score (nSPS) is 18.3. The molecule has 2 heterocycles. The first-order chi connectivity index (χ1) is 14.8. The summed E-state index contributed by atoms with van der Waals surface area (Å²) in [5.74, 6) is -2.50. The number of benzene rings is 2. The fraction of sp³-hybridized carbons (Fsp3) is 0.130. The van der Waals surface area contributed by atoms with E-state index in [2.05, 4.69) is 0 Å². The number of nitro benzene ring substituents is 1. The lowest BCUT2D eigenvalue weighted by atomic mass is 10.1. The summed E-state index contributed by atoms with van der Waals surface area (Å²) in [6, 6.07) is 16.3. The number of cyclic esters (lactones) is 2. The molecule has 1 aliphatic rings. The van der Waals surface area contributed by atoms with Crippen LogP contribution in [0.1, 0.15) is 23.8 Å². The Hall–Kier alpha value is -4.20. The molecule has 2 aromatic carbocycles. The molecule has 0 spiro atoms. The summed E-state index contributed by atoms with van der Waals surface area (Å²) in [4.78, 5) is 35.5. The van der Waals surface area contributed by atoms with E-state index >= 15 is 0 Å². The SMILES string of the molecule is Cc1cc([N+](=O)[O-])ccc1-c1ccc(C=C2C(=O)OC(C)(c3ccccc3)OC2=O)o1. The quantitative estimate of drug-likeness (QED) is 0.201. The molecule has 0 amide bonds. The van der Waals surface area contributed by atoms with E-state index in [1.807, 2.05) is 0 Å². The van der Waals surface area contributed by atoms with E-state index in [1.165, 1.54) is 25.1 Å². The van der Waals surface area contributed by atoms with Gasteiger partial charge in [-0.05, 0) is 30.7 Å². The van der Waals surface area contributed by atoms with E-state index in [-0.39, 0.29) is 17.0 Å². The van der Waals surface area contributed by atoms with Gasteiger partial charge in [0.25, 0.3) is 11.5 Å². The average molecular weight is 419 g/mol. The summed E-state index contributed by atoms with van der Waals surface area (Å²) in [6.45, 7) is 3.22. The maximum atomic E-state index is 12.5. The van der Waals surface area contributed by atoms with Gasteiger partial charge in [0.15, 0.2) is 0 Å². The Morgan fingerprint density at radius 1 is 0.968 bits per heavy atom. The van der Waals surface area contributed by atoms with Crippen LogP contribution in [0, 0.1) is 17.0 Å². The Bertz CT molecular complexity index is 1200. The Kier molecular flexibility index (Phi) is 4.90. The van der Waals surface area contributed by atoms with E-state index in [4.69, 9.17) is 13.9 Å². The van der Waals surface area contributed by atoms with Crippen LogP contribution in [-0.4, -0.2) is 16.9 Å². The fourth-order valence-corrected chi connectivity index (χ4v) is 3.30. The average Bonchev–Trinajstić information content (AvgIpc) is 3.19. The molecule has 1 aliphatic heterocycles. The number of furan rings is 1. The molecule has 8 heteroatoms. The van der Waals surface area contributed by atoms with Gasteiger partial charge in [0, 0.05) is 36.3 Å². The van der Waals surface area contributed by atoms with Crippen LogP contribution < -0.4 is 0 Å². The number of esters is 2. The van der Waals surface area contributed by atoms with Crippen molar-refractivity contribution in [2.24, 2.45) is 0 Å². The van der Waals surface area contributed by atoms with Gasteiger partial charge in [0.1, 0.15) is 17.1 Å². The lowest BCUT2D eigenvalue weighted by molar-refractivity contribution is -0.384. The zero-order valence-electron chi connectivity index (χ0n) is 16.7. The van der Waals surface area contributed by atoms with E-state index < -0.39 is 22.6 Å². The number of non-ortho nitro benzene ring substituents is 1. The second kappa shape index (κ2) is 7.56. The smallest absolute Gasteiger partial charge is 0.349 e. The monoisotopic (exact) mass is 419 g/mol. The molecular formula is C23H17NO7. The maximum Gasteiger partial charge on any atom is 0.349 e. The first-order valence-corrected chi connectivity index (χ1v) is 9.36. The number of aryl methyl sites for hydroxylation is 1. The lowest BCUT2D eigenvalue weighted by Crippen LogP contribution is -2.42. The first kappa shape index (κ1) is 20.1. The second-order valence-corrected chi connectivity index (χ2v) is 7.11. The number of nitro groups is 1. The Balaban J connectivity index is 1.59. The predicted molar refractivity (Wildman–Crippen MR) is 109 cm³/mol. The topological polar surface area (TPSA) is 109 Å². The van der Waals surface area contributed by atoms with Crippen LogP contribution in [0.15, 0.2) is 70.7 Å². The van der Waals surface area contributed by atoms with E-state index in [9.17, 15) is 19.7 Å². The van der Waals surface area contributed by atoms with Crippen molar-refractivity contribution in [3.63, 3.8) is 0 Å². The molecule has 156 valence electrons. The molecule has 1 saturated heterocycles. The zero-order valence-corrected chi connectivity index (χ0v) is 16.7. The number of hydrogen-bond acceptors (Lipinski definition) is 7. The van der Waals surface area contributed by atoms with Crippen LogP contribution in [0.25, 0.3) is 17.4 Å². The van der Waals surface area contributed by atoms with Crippen LogP contribution in [0.3, 0.4) is 0 Å². The minimum absolute atomic E-state index is 0.0238. The summed E-state index contributed by atoms with van der Waals surface area (Å²) >= 11 is 0. The van der Waals surface area contributed by atoms with Crippen LogP contribution in [0.4, 0.5) is 5.69 Å². The maximum absolute atomic E-state index is 12.5. The molecule has 0 saturated carbocycles. The molecule has 4 rings (SSSR count). The van der Waals surface area contributed by atoms with Crippen LogP contribution >= 0.6 is 0 Å². The molecule has 0 atom stereocenters. The molecule has 0 bridgehead atoms. The van der Waals surface area contributed by atoms with Crippen molar-refractivity contribution in [1.29, 1.82) is 0 Å². The molecule has 3 aromatic rings. The van der Waals surface area contributed by atoms with Gasteiger partial charge in [-0.2, -0.15) is 0 Å². The highest BCUT2D eigenvalue weighted by Gasteiger charge is 2.44. The van der Waals surface area contributed by atoms with Crippen molar-refractivity contribution in [2.75, 3.05) is 0 Å². The number of rotatable bonds is 4. The third-order valence-electron chi connectivity index (χ3n) is 4.91. The van der Waals surface area contributed by atoms with Crippen molar-refractivity contribution < 1.29 is 28.4 Å². The molecule has 1 fully saturated rings. The van der Waals surface area contributed by atoms with Crippen LogP contribution in [-0.2, 0) is 24.8 Å². The standard InChI is InChI=1S/C23H17NO7/c1-14-12-16(24(27)28)8-10-18(14)20-11-9-17(29-20)13-19-21(25)30-23(2,31-22(19)26)15-6-4-3-5-7-15/h3-13H,1-2H3. The van der Waals surface area contributed by atoms with Gasteiger partial charge in [-0.15, -0.1) is 0 Å². The Morgan fingerprint density at radius 2 is 1.65 bits per heavy atom. The van der Waals surface area contributed by atoms with E-state index in [1.54, 1.807) is 55.5 Å². The summed E-state index contributed by atoms with van der Waals surface area (Å²) in [7, 11) is 0. The molecular weight excluding hydrogens is 402 g/mol. The Morgan fingerprint density at radius 3 is 2.26 bits per heavy atom. The molecule has 0 aliphatic carbocycles. The molecule has 8 nitrogen and oxygen atoms in total. The van der Waals surface area contributed by atoms with Gasteiger partial charge < -0.3 is 13.9 Å². The Labute approximate surface area is 176 Å². The third-order valence-corrected chi connectivity index (χ3v) is 4.91. The largest absolute Gasteiger partial charge is 0.457 e. The van der Waals surface area contributed by atoms with Crippen LogP contribution in [0.2, 0.25) is 0 Å². The highest BCUT2D eigenvalue weighted by Crippen LogP contribution is 2.34. The summed E-state index contributed by atoms with van der Waals surface area (Å²) < 4.78 is 16.5. The molecule has 1 aromatic heterocycles. The van der Waals surface area contributed by atoms with Crippen molar-refractivity contribution in [2.45, 2.75) is 19.6 Å². The molecule has 0 unspecified atom stereocenters. The van der Waals surface area contributed by atoms with Crippen molar-refractivity contribution in [3.05, 3.63) is 93.2 Å². The molecule has 0 N–H and O–H groups in total. The fourth-order valence-electron chi connectivity index (χ4n) is 3.30.